The Bertz CT molecular complexity index is 425. The summed E-state index contributed by atoms with van der Waals surface area (Å²) in [7, 11) is 1.95. The van der Waals surface area contributed by atoms with Crippen molar-refractivity contribution in [2.75, 3.05) is 17.7 Å². The molecule has 17 heavy (non-hydrogen) atoms. The molecule has 0 aliphatic heterocycles. The van der Waals surface area contributed by atoms with Gasteiger partial charge in [0.1, 0.15) is 10.6 Å². The molecule has 3 N–H and O–H groups in total. The van der Waals surface area contributed by atoms with E-state index in [1.807, 2.05) is 11.9 Å². The second-order valence-corrected chi connectivity index (χ2v) is 5.45. The number of nitrogens with zero attached hydrogens (tertiary/aromatic N) is 2. The number of aromatic nitrogens is 1. The normalized spacial score (nSPS) is 15.1. The molecular formula is C11H18N4OS. The van der Waals surface area contributed by atoms with Gasteiger partial charge in [-0.25, -0.2) is 0 Å². The lowest BCUT2D eigenvalue weighted by molar-refractivity contribution is 0.0952. The average molecular weight is 254 g/mol. The van der Waals surface area contributed by atoms with Gasteiger partial charge in [-0.1, -0.05) is 0 Å². The standard InChI is InChI=1S/C11H18N4OS/c1-6(2)15(3)11-8(9(12)14-17-11)10(16)13-7-4-5-7/h6-7H,4-5H2,1-3H3,(H2,12,14)(H,13,16). The molecule has 1 aliphatic rings. The highest BCUT2D eigenvalue weighted by Crippen LogP contribution is 2.31. The van der Waals surface area contributed by atoms with Crippen LogP contribution in [0.25, 0.3) is 0 Å². The molecular weight excluding hydrogens is 236 g/mol. The van der Waals surface area contributed by atoms with Gasteiger partial charge in [-0.2, -0.15) is 4.37 Å². The van der Waals surface area contributed by atoms with Gasteiger partial charge in [0, 0.05) is 19.1 Å². The summed E-state index contributed by atoms with van der Waals surface area (Å²) in [5, 5.41) is 3.80. The van der Waals surface area contributed by atoms with Crippen LogP contribution in [0.5, 0.6) is 0 Å². The van der Waals surface area contributed by atoms with E-state index in [1.54, 1.807) is 0 Å². The van der Waals surface area contributed by atoms with E-state index in [1.165, 1.54) is 11.5 Å². The highest BCUT2D eigenvalue weighted by atomic mass is 32.1. The molecule has 0 unspecified atom stereocenters. The molecule has 1 heterocycles. The van der Waals surface area contributed by atoms with Crippen molar-refractivity contribution < 1.29 is 4.79 Å². The van der Waals surface area contributed by atoms with E-state index in [-0.39, 0.29) is 5.91 Å². The molecule has 1 saturated carbocycles. The number of amides is 1. The fourth-order valence-corrected chi connectivity index (χ4v) is 2.37. The summed E-state index contributed by atoms with van der Waals surface area (Å²) in [6.45, 7) is 4.14. The Morgan fingerprint density at radius 1 is 1.59 bits per heavy atom. The van der Waals surface area contributed by atoms with E-state index in [2.05, 4.69) is 23.5 Å². The van der Waals surface area contributed by atoms with Gasteiger partial charge in [-0.3, -0.25) is 4.79 Å². The predicted molar refractivity (Wildman–Crippen MR) is 70.6 cm³/mol. The fourth-order valence-electron chi connectivity index (χ4n) is 1.47. The van der Waals surface area contributed by atoms with Gasteiger partial charge in [0.05, 0.1) is 0 Å². The molecule has 1 aliphatic carbocycles. The van der Waals surface area contributed by atoms with Crippen molar-refractivity contribution in [1.82, 2.24) is 9.69 Å². The van der Waals surface area contributed by atoms with Gasteiger partial charge in [0.2, 0.25) is 0 Å². The Balaban J connectivity index is 2.24. The van der Waals surface area contributed by atoms with E-state index in [4.69, 9.17) is 5.73 Å². The van der Waals surface area contributed by atoms with Crippen molar-refractivity contribution in [3.05, 3.63) is 5.56 Å². The second-order valence-electron chi connectivity index (χ2n) is 4.70. The smallest absolute Gasteiger partial charge is 0.258 e. The molecule has 5 nitrogen and oxygen atoms in total. The van der Waals surface area contributed by atoms with Crippen LogP contribution in [0.2, 0.25) is 0 Å². The molecule has 2 rings (SSSR count). The Kier molecular flexibility index (Phi) is 3.24. The third-order valence-electron chi connectivity index (χ3n) is 2.94. The summed E-state index contributed by atoms with van der Waals surface area (Å²) in [4.78, 5) is 14.1. The highest BCUT2D eigenvalue weighted by molar-refractivity contribution is 7.11. The topological polar surface area (TPSA) is 71.2 Å². The van der Waals surface area contributed by atoms with Crippen molar-refractivity contribution in [2.45, 2.75) is 38.8 Å². The maximum absolute atomic E-state index is 12.1. The molecule has 1 amide bonds. The van der Waals surface area contributed by atoms with E-state index < -0.39 is 0 Å². The number of anilines is 2. The summed E-state index contributed by atoms with van der Waals surface area (Å²) in [5.74, 6) is 0.233. The van der Waals surface area contributed by atoms with Crippen molar-refractivity contribution in [3.63, 3.8) is 0 Å². The zero-order chi connectivity index (χ0) is 12.6. The third kappa shape index (κ3) is 2.52. The number of rotatable bonds is 4. The summed E-state index contributed by atoms with van der Waals surface area (Å²) in [6, 6.07) is 0.640. The number of hydrogen-bond donors (Lipinski definition) is 2. The van der Waals surface area contributed by atoms with Gasteiger partial charge in [-0.05, 0) is 38.2 Å². The Labute approximate surface area is 105 Å². The molecule has 0 saturated heterocycles. The maximum Gasteiger partial charge on any atom is 0.258 e. The van der Waals surface area contributed by atoms with Gasteiger partial charge < -0.3 is 16.0 Å². The van der Waals surface area contributed by atoms with Crippen LogP contribution >= 0.6 is 11.5 Å². The van der Waals surface area contributed by atoms with Crippen LogP contribution in [0.1, 0.15) is 37.0 Å². The molecule has 0 aromatic carbocycles. The van der Waals surface area contributed by atoms with Gasteiger partial charge in [0.15, 0.2) is 5.82 Å². The first-order chi connectivity index (χ1) is 8.00. The van der Waals surface area contributed by atoms with Crippen molar-refractivity contribution in [1.29, 1.82) is 0 Å². The molecule has 94 valence electrons. The minimum atomic E-state index is -0.0961. The summed E-state index contributed by atoms with van der Waals surface area (Å²) < 4.78 is 4.09. The monoisotopic (exact) mass is 254 g/mol. The third-order valence-corrected chi connectivity index (χ3v) is 3.89. The molecule has 6 heteroatoms. The van der Waals surface area contributed by atoms with Gasteiger partial charge in [-0.15, -0.1) is 0 Å². The van der Waals surface area contributed by atoms with Gasteiger partial charge in [0.25, 0.3) is 5.91 Å². The van der Waals surface area contributed by atoms with E-state index in [0.717, 1.165) is 17.8 Å². The fraction of sp³-hybridized carbons (Fsp3) is 0.636. The lowest BCUT2D eigenvalue weighted by atomic mass is 10.2. The molecule has 0 spiro atoms. The van der Waals surface area contributed by atoms with Crippen LogP contribution in [0, 0.1) is 0 Å². The first-order valence-electron chi connectivity index (χ1n) is 5.79. The zero-order valence-electron chi connectivity index (χ0n) is 10.4. The molecule has 0 atom stereocenters. The number of nitrogens with two attached hydrogens (primary N) is 1. The SMILES string of the molecule is CC(C)N(C)c1snc(N)c1C(=O)NC1CC1. The zero-order valence-corrected chi connectivity index (χ0v) is 11.2. The lowest BCUT2D eigenvalue weighted by Crippen LogP contribution is -2.30. The number of carbonyl (C=O) groups is 1. The first kappa shape index (κ1) is 12.2. The summed E-state index contributed by atoms with van der Waals surface area (Å²) in [5.41, 5.74) is 6.31. The van der Waals surface area contributed by atoms with Crippen LogP contribution in [0.15, 0.2) is 0 Å². The van der Waals surface area contributed by atoms with E-state index in [9.17, 15) is 4.79 Å². The molecule has 0 bridgehead atoms. The molecule has 1 fully saturated rings. The minimum absolute atomic E-state index is 0.0961. The van der Waals surface area contributed by atoms with Crippen LogP contribution in [0.4, 0.5) is 10.8 Å². The van der Waals surface area contributed by atoms with Crippen molar-refractivity contribution in [3.8, 4) is 0 Å². The molecule has 1 aromatic rings. The quantitative estimate of drug-likeness (QED) is 0.853. The Morgan fingerprint density at radius 3 is 2.76 bits per heavy atom. The van der Waals surface area contributed by atoms with E-state index >= 15 is 0 Å². The largest absolute Gasteiger partial charge is 0.382 e. The van der Waals surface area contributed by atoms with Gasteiger partial charge >= 0.3 is 0 Å². The van der Waals surface area contributed by atoms with E-state index in [0.29, 0.717) is 23.5 Å². The Morgan fingerprint density at radius 2 is 2.24 bits per heavy atom. The maximum atomic E-state index is 12.1. The van der Waals surface area contributed by atoms with Crippen LogP contribution < -0.4 is 16.0 Å². The highest BCUT2D eigenvalue weighted by Gasteiger charge is 2.28. The number of nitrogens with one attached hydrogen (secondary N) is 1. The average Bonchev–Trinajstić information content (AvgIpc) is 2.98. The number of nitrogen functional groups attached to an aromatic ring is 1. The van der Waals surface area contributed by atoms with Crippen LogP contribution in [-0.4, -0.2) is 29.4 Å². The number of carbonyl (C=O) groups excluding carboxylic acids is 1. The van der Waals surface area contributed by atoms with Crippen molar-refractivity contribution in [2.24, 2.45) is 0 Å². The second kappa shape index (κ2) is 4.52. The lowest BCUT2D eigenvalue weighted by Gasteiger charge is -2.22. The predicted octanol–water partition coefficient (Wildman–Crippen LogP) is 1.46. The number of hydrogen-bond acceptors (Lipinski definition) is 5. The molecule has 1 aromatic heterocycles. The van der Waals surface area contributed by atoms with Crippen LogP contribution in [-0.2, 0) is 0 Å². The summed E-state index contributed by atoms with van der Waals surface area (Å²) >= 11 is 1.28. The van der Waals surface area contributed by atoms with Crippen molar-refractivity contribution >= 4 is 28.3 Å². The molecule has 0 radical (unpaired) electrons. The first-order valence-corrected chi connectivity index (χ1v) is 6.57. The summed E-state index contributed by atoms with van der Waals surface area (Å²) in [6.07, 6.45) is 2.14. The Hall–Kier alpha value is -1.30. The minimum Gasteiger partial charge on any atom is -0.382 e. The van der Waals surface area contributed by atoms with Crippen LogP contribution in [0.3, 0.4) is 0 Å².